The van der Waals surface area contributed by atoms with Crippen molar-refractivity contribution < 1.29 is 8.78 Å². The summed E-state index contributed by atoms with van der Waals surface area (Å²) in [5.74, 6) is -1.29. The second kappa shape index (κ2) is 5.76. The summed E-state index contributed by atoms with van der Waals surface area (Å²) >= 11 is 0. The first-order valence-electron chi connectivity index (χ1n) is 6.57. The lowest BCUT2D eigenvalue weighted by Gasteiger charge is -2.41. The van der Waals surface area contributed by atoms with Gasteiger partial charge >= 0.3 is 0 Å². The van der Waals surface area contributed by atoms with Crippen LogP contribution in [-0.2, 0) is 0 Å². The molecule has 2 atom stereocenters. The Balaban J connectivity index is 2.39. The average molecular weight is 254 g/mol. The van der Waals surface area contributed by atoms with E-state index in [0.717, 1.165) is 32.0 Å². The lowest BCUT2D eigenvalue weighted by molar-refractivity contribution is 0.0986. The Hall–Kier alpha value is -1.00. The molecule has 2 nitrogen and oxygen atoms in total. The lowest BCUT2D eigenvalue weighted by Crippen LogP contribution is -2.41. The molecule has 0 radical (unpaired) electrons. The summed E-state index contributed by atoms with van der Waals surface area (Å²) in [4.78, 5) is 2.19. The van der Waals surface area contributed by atoms with Gasteiger partial charge in [0.05, 0.1) is 0 Å². The third kappa shape index (κ3) is 2.40. The summed E-state index contributed by atoms with van der Waals surface area (Å²) in [6.45, 7) is 4.31. The van der Waals surface area contributed by atoms with Crippen LogP contribution < -0.4 is 5.73 Å². The van der Waals surface area contributed by atoms with Crippen LogP contribution in [0.5, 0.6) is 0 Å². The van der Waals surface area contributed by atoms with Crippen LogP contribution in [0, 0.1) is 17.6 Å². The van der Waals surface area contributed by atoms with Crippen LogP contribution in [0.1, 0.15) is 31.4 Å². The maximum Gasteiger partial charge on any atom is 0.163 e. The van der Waals surface area contributed by atoms with Crippen LogP contribution in [0.25, 0.3) is 0 Å². The minimum absolute atomic E-state index is 0.0931. The van der Waals surface area contributed by atoms with Crippen molar-refractivity contribution in [2.45, 2.75) is 25.8 Å². The highest BCUT2D eigenvalue weighted by Gasteiger charge is 2.33. The van der Waals surface area contributed by atoms with Crippen molar-refractivity contribution in [3.63, 3.8) is 0 Å². The smallest absolute Gasteiger partial charge is 0.163 e. The SMILES string of the molecule is CCN1CCCC(CN)C1c1cccc(F)c1F. The van der Waals surface area contributed by atoms with Gasteiger partial charge in [-0.3, -0.25) is 4.90 Å². The van der Waals surface area contributed by atoms with E-state index in [9.17, 15) is 8.78 Å². The highest BCUT2D eigenvalue weighted by molar-refractivity contribution is 5.24. The first-order chi connectivity index (χ1) is 8.69. The van der Waals surface area contributed by atoms with E-state index >= 15 is 0 Å². The third-order valence-corrected chi connectivity index (χ3v) is 3.87. The maximum absolute atomic E-state index is 14.0. The molecule has 4 heteroatoms. The highest BCUT2D eigenvalue weighted by atomic mass is 19.2. The van der Waals surface area contributed by atoms with E-state index in [1.165, 1.54) is 0 Å². The molecule has 1 heterocycles. The monoisotopic (exact) mass is 254 g/mol. The minimum atomic E-state index is -0.773. The van der Waals surface area contributed by atoms with Gasteiger partial charge in [0, 0.05) is 11.6 Å². The van der Waals surface area contributed by atoms with Crippen molar-refractivity contribution >= 4 is 0 Å². The van der Waals surface area contributed by atoms with Crippen molar-refractivity contribution in [2.75, 3.05) is 19.6 Å². The quantitative estimate of drug-likeness (QED) is 0.898. The van der Waals surface area contributed by atoms with Crippen molar-refractivity contribution in [3.8, 4) is 0 Å². The van der Waals surface area contributed by atoms with Crippen molar-refractivity contribution in [1.82, 2.24) is 4.90 Å². The molecule has 0 aromatic heterocycles. The Morgan fingerprint density at radius 2 is 2.17 bits per heavy atom. The van der Waals surface area contributed by atoms with Gasteiger partial charge in [-0.15, -0.1) is 0 Å². The molecule has 2 rings (SSSR count). The predicted octanol–water partition coefficient (Wildman–Crippen LogP) is 2.70. The van der Waals surface area contributed by atoms with E-state index in [2.05, 4.69) is 4.90 Å². The van der Waals surface area contributed by atoms with Gasteiger partial charge in [-0.25, -0.2) is 8.78 Å². The van der Waals surface area contributed by atoms with Crippen LogP contribution in [0.15, 0.2) is 18.2 Å². The fourth-order valence-corrected chi connectivity index (χ4v) is 2.95. The normalized spacial score (nSPS) is 25.3. The van der Waals surface area contributed by atoms with E-state index in [1.54, 1.807) is 12.1 Å². The summed E-state index contributed by atoms with van der Waals surface area (Å²) in [6, 6.07) is 4.32. The Kier molecular flexibility index (Phi) is 4.30. The van der Waals surface area contributed by atoms with E-state index < -0.39 is 11.6 Å². The first-order valence-corrected chi connectivity index (χ1v) is 6.57. The molecule has 2 unspecified atom stereocenters. The molecule has 1 aliphatic rings. The number of halogens is 2. The second-order valence-corrected chi connectivity index (χ2v) is 4.85. The Morgan fingerprint density at radius 3 is 2.83 bits per heavy atom. The van der Waals surface area contributed by atoms with E-state index in [0.29, 0.717) is 12.1 Å². The second-order valence-electron chi connectivity index (χ2n) is 4.85. The van der Waals surface area contributed by atoms with Crippen LogP contribution in [0.3, 0.4) is 0 Å². The van der Waals surface area contributed by atoms with Gasteiger partial charge in [-0.05, 0) is 44.5 Å². The maximum atomic E-state index is 14.0. The molecule has 18 heavy (non-hydrogen) atoms. The fourth-order valence-electron chi connectivity index (χ4n) is 2.95. The Labute approximate surface area is 107 Å². The van der Waals surface area contributed by atoms with E-state index in [1.807, 2.05) is 6.92 Å². The minimum Gasteiger partial charge on any atom is -0.330 e. The summed E-state index contributed by atoms with van der Waals surface area (Å²) in [6.07, 6.45) is 2.05. The zero-order chi connectivity index (χ0) is 13.1. The largest absolute Gasteiger partial charge is 0.330 e. The first kappa shape index (κ1) is 13.4. The number of rotatable bonds is 3. The van der Waals surface area contributed by atoms with Crippen molar-refractivity contribution in [1.29, 1.82) is 0 Å². The molecule has 0 bridgehead atoms. The Bertz CT molecular complexity index is 397. The molecule has 1 fully saturated rings. The number of benzene rings is 1. The van der Waals surface area contributed by atoms with Crippen molar-refractivity contribution in [3.05, 3.63) is 35.4 Å². The number of hydrogen-bond donors (Lipinski definition) is 1. The Morgan fingerprint density at radius 1 is 1.39 bits per heavy atom. The van der Waals surface area contributed by atoms with Gasteiger partial charge in [0.25, 0.3) is 0 Å². The standard InChI is InChI=1S/C14H20F2N2/c1-2-18-8-4-5-10(9-17)14(18)11-6-3-7-12(15)13(11)16/h3,6-7,10,14H,2,4-5,8-9,17H2,1H3. The van der Waals surface area contributed by atoms with Gasteiger partial charge in [-0.2, -0.15) is 0 Å². The van der Waals surface area contributed by atoms with Gasteiger partial charge in [0.1, 0.15) is 0 Å². The van der Waals surface area contributed by atoms with Crippen LogP contribution in [0.2, 0.25) is 0 Å². The molecule has 0 aliphatic carbocycles. The van der Waals surface area contributed by atoms with Gasteiger partial charge in [-0.1, -0.05) is 19.1 Å². The zero-order valence-electron chi connectivity index (χ0n) is 10.7. The summed E-state index contributed by atoms with van der Waals surface area (Å²) in [5, 5.41) is 0. The average Bonchev–Trinajstić information content (AvgIpc) is 2.41. The fraction of sp³-hybridized carbons (Fsp3) is 0.571. The number of nitrogens with zero attached hydrogens (tertiary/aromatic N) is 1. The number of piperidine rings is 1. The van der Waals surface area contributed by atoms with E-state index in [4.69, 9.17) is 5.73 Å². The van der Waals surface area contributed by atoms with Crippen LogP contribution >= 0.6 is 0 Å². The van der Waals surface area contributed by atoms with Gasteiger partial charge in [0.2, 0.25) is 0 Å². The molecule has 1 aliphatic heterocycles. The molecule has 0 spiro atoms. The third-order valence-electron chi connectivity index (χ3n) is 3.87. The molecular weight excluding hydrogens is 234 g/mol. The van der Waals surface area contributed by atoms with Gasteiger partial charge < -0.3 is 5.73 Å². The van der Waals surface area contributed by atoms with E-state index in [-0.39, 0.29) is 12.0 Å². The lowest BCUT2D eigenvalue weighted by atomic mass is 9.84. The summed E-state index contributed by atoms with van der Waals surface area (Å²) in [5.41, 5.74) is 6.24. The predicted molar refractivity (Wildman–Crippen MR) is 68.1 cm³/mol. The molecule has 0 saturated carbocycles. The van der Waals surface area contributed by atoms with Crippen molar-refractivity contribution in [2.24, 2.45) is 11.7 Å². The van der Waals surface area contributed by atoms with Gasteiger partial charge in [0.15, 0.2) is 11.6 Å². The summed E-state index contributed by atoms with van der Waals surface area (Å²) in [7, 11) is 0. The summed E-state index contributed by atoms with van der Waals surface area (Å²) < 4.78 is 27.3. The van der Waals surface area contributed by atoms with Crippen LogP contribution in [-0.4, -0.2) is 24.5 Å². The molecular formula is C14H20F2N2. The zero-order valence-corrected chi connectivity index (χ0v) is 10.7. The van der Waals surface area contributed by atoms with Crippen LogP contribution in [0.4, 0.5) is 8.78 Å². The number of nitrogens with two attached hydrogens (primary N) is 1. The highest BCUT2D eigenvalue weighted by Crippen LogP contribution is 2.36. The molecule has 0 amide bonds. The topological polar surface area (TPSA) is 29.3 Å². The molecule has 1 saturated heterocycles. The molecule has 2 N–H and O–H groups in total. The molecule has 1 aromatic carbocycles. The number of hydrogen-bond acceptors (Lipinski definition) is 2. The molecule has 100 valence electrons. The molecule has 1 aromatic rings. The number of likely N-dealkylation sites (tertiary alicyclic amines) is 1.